The van der Waals surface area contributed by atoms with Crippen LogP contribution in [0.25, 0.3) is 22.2 Å². The van der Waals surface area contributed by atoms with Crippen molar-refractivity contribution < 1.29 is 9.72 Å². The number of imidazole rings is 1. The maximum atomic E-state index is 13.5. The van der Waals surface area contributed by atoms with E-state index in [4.69, 9.17) is 4.98 Å². The number of nitro groups is 1. The number of H-pyrrole nitrogens is 1. The lowest BCUT2D eigenvalue weighted by Crippen LogP contribution is -2.38. The molecule has 1 amide bonds. The van der Waals surface area contributed by atoms with E-state index in [1.807, 2.05) is 42.5 Å². The Hall–Kier alpha value is -4.50. The summed E-state index contributed by atoms with van der Waals surface area (Å²) in [6.07, 6.45) is 2.12. The van der Waals surface area contributed by atoms with Gasteiger partial charge in [0.25, 0.3) is 11.6 Å². The SMILES string of the molecule is CCN1CCC(Nc2ccc3c(c2)C(=C(c2cccc([N+](=O)[O-])c2)c2nc4ccccc4[nH]2)C(=O)N3)CC1. The first-order chi connectivity index (χ1) is 18.5. The molecule has 3 heterocycles. The molecule has 3 aromatic carbocycles. The van der Waals surface area contributed by atoms with Crippen LogP contribution in [0.15, 0.2) is 66.7 Å². The Balaban J connectivity index is 1.48. The van der Waals surface area contributed by atoms with Gasteiger partial charge in [0.2, 0.25) is 0 Å². The van der Waals surface area contributed by atoms with Crippen molar-refractivity contribution >= 4 is 45.1 Å². The molecule has 0 saturated carbocycles. The van der Waals surface area contributed by atoms with Gasteiger partial charge in [0.05, 0.1) is 21.5 Å². The van der Waals surface area contributed by atoms with Gasteiger partial charge in [-0.15, -0.1) is 0 Å². The summed E-state index contributed by atoms with van der Waals surface area (Å²) in [5, 5.41) is 18.2. The van der Waals surface area contributed by atoms with Gasteiger partial charge in [-0.1, -0.05) is 31.2 Å². The standard InChI is InChI=1S/C29H28N6O3/c1-2-34-14-12-19(13-15-34)30-20-10-11-23-22(17-20)27(29(36)33-23)26(18-6-5-7-21(16-18)35(37)38)28-31-24-8-3-4-9-25(24)32-28/h3-11,16-17,19,30H,2,12-15H2,1H3,(H,31,32)(H,33,36). The normalized spacial score (nSPS) is 17.3. The fourth-order valence-corrected chi connectivity index (χ4v) is 5.38. The Bertz CT molecular complexity index is 1550. The van der Waals surface area contributed by atoms with Gasteiger partial charge in [-0.2, -0.15) is 0 Å². The van der Waals surface area contributed by atoms with Crippen LogP contribution in [0, 0.1) is 10.1 Å². The number of piperidine rings is 1. The number of anilines is 2. The van der Waals surface area contributed by atoms with Crippen LogP contribution >= 0.6 is 0 Å². The highest BCUT2D eigenvalue weighted by Gasteiger charge is 2.31. The lowest BCUT2D eigenvalue weighted by Gasteiger charge is -2.32. The number of carbonyl (C=O) groups excluding carboxylic acids is 1. The number of nitro benzene ring substituents is 1. The second-order valence-corrected chi connectivity index (χ2v) is 9.73. The summed E-state index contributed by atoms with van der Waals surface area (Å²) in [5.41, 5.74) is 5.40. The maximum absolute atomic E-state index is 13.5. The van der Waals surface area contributed by atoms with Crippen molar-refractivity contribution in [2.75, 3.05) is 30.3 Å². The zero-order valence-corrected chi connectivity index (χ0v) is 21.0. The lowest BCUT2D eigenvalue weighted by molar-refractivity contribution is -0.384. The molecule has 0 spiro atoms. The Kier molecular flexibility index (Phi) is 6.13. The van der Waals surface area contributed by atoms with E-state index in [1.54, 1.807) is 12.1 Å². The third kappa shape index (κ3) is 4.41. The number of aromatic nitrogens is 2. The monoisotopic (exact) mass is 508 g/mol. The van der Waals surface area contributed by atoms with Crippen LogP contribution in [-0.4, -0.2) is 51.4 Å². The van der Waals surface area contributed by atoms with Gasteiger partial charge in [0, 0.05) is 53.8 Å². The number of non-ortho nitro benzene ring substituents is 1. The molecule has 3 N–H and O–H groups in total. The Labute approximate surface area is 219 Å². The number of nitrogens with zero attached hydrogens (tertiary/aromatic N) is 3. The summed E-state index contributed by atoms with van der Waals surface area (Å²) in [5.74, 6) is 0.213. The molecule has 1 saturated heterocycles. The largest absolute Gasteiger partial charge is 0.382 e. The molecule has 0 unspecified atom stereocenters. The minimum atomic E-state index is -0.432. The predicted molar refractivity (Wildman–Crippen MR) is 149 cm³/mol. The van der Waals surface area contributed by atoms with E-state index in [9.17, 15) is 14.9 Å². The number of fused-ring (bicyclic) bond motifs is 2. The van der Waals surface area contributed by atoms with Crippen LogP contribution in [-0.2, 0) is 4.79 Å². The number of benzene rings is 3. The van der Waals surface area contributed by atoms with E-state index in [0.717, 1.165) is 54.8 Å². The Morgan fingerprint density at radius 2 is 1.92 bits per heavy atom. The van der Waals surface area contributed by atoms with Crippen LogP contribution in [0.5, 0.6) is 0 Å². The quantitative estimate of drug-likeness (QED) is 0.185. The van der Waals surface area contributed by atoms with Gasteiger partial charge in [0.1, 0.15) is 5.82 Å². The lowest BCUT2D eigenvalue weighted by atomic mass is 9.94. The van der Waals surface area contributed by atoms with E-state index in [2.05, 4.69) is 27.4 Å². The molecule has 38 heavy (non-hydrogen) atoms. The molecule has 0 radical (unpaired) electrons. The van der Waals surface area contributed by atoms with Crippen LogP contribution < -0.4 is 10.6 Å². The fourth-order valence-electron chi connectivity index (χ4n) is 5.38. The minimum absolute atomic E-state index is 0.0517. The summed E-state index contributed by atoms with van der Waals surface area (Å²) in [6, 6.07) is 20.2. The smallest absolute Gasteiger partial charge is 0.270 e. The molecule has 0 aliphatic carbocycles. The van der Waals surface area contributed by atoms with Crippen LogP contribution in [0.2, 0.25) is 0 Å². The molecule has 0 atom stereocenters. The minimum Gasteiger partial charge on any atom is -0.382 e. The number of hydrogen-bond acceptors (Lipinski definition) is 6. The van der Waals surface area contributed by atoms with Gasteiger partial charge in [-0.3, -0.25) is 14.9 Å². The number of likely N-dealkylation sites (tertiary alicyclic amines) is 1. The van der Waals surface area contributed by atoms with E-state index in [1.165, 1.54) is 12.1 Å². The number of nitrogens with one attached hydrogen (secondary N) is 3. The number of rotatable bonds is 6. The molecule has 2 aliphatic heterocycles. The topological polar surface area (TPSA) is 116 Å². The molecule has 1 aromatic heterocycles. The van der Waals surface area contributed by atoms with E-state index >= 15 is 0 Å². The average Bonchev–Trinajstić information content (AvgIpc) is 3.50. The number of hydrogen-bond donors (Lipinski definition) is 3. The van der Waals surface area contributed by atoms with Crippen molar-refractivity contribution in [1.82, 2.24) is 14.9 Å². The molecule has 4 aromatic rings. The van der Waals surface area contributed by atoms with Crippen LogP contribution in [0.4, 0.5) is 17.1 Å². The van der Waals surface area contributed by atoms with E-state index in [-0.39, 0.29) is 11.6 Å². The molecule has 9 heteroatoms. The summed E-state index contributed by atoms with van der Waals surface area (Å²) >= 11 is 0. The van der Waals surface area contributed by atoms with E-state index in [0.29, 0.717) is 34.3 Å². The van der Waals surface area contributed by atoms with Crippen LogP contribution in [0.3, 0.4) is 0 Å². The first-order valence-electron chi connectivity index (χ1n) is 12.9. The zero-order valence-electron chi connectivity index (χ0n) is 21.0. The second kappa shape index (κ2) is 9.75. The zero-order chi connectivity index (χ0) is 26.2. The number of para-hydroxylation sites is 2. The highest BCUT2D eigenvalue weighted by Crippen LogP contribution is 2.41. The second-order valence-electron chi connectivity index (χ2n) is 9.73. The average molecular weight is 509 g/mol. The summed E-state index contributed by atoms with van der Waals surface area (Å²) in [6.45, 7) is 5.38. The van der Waals surface area contributed by atoms with E-state index < -0.39 is 4.92 Å². The molecule has 2 aliphatic rings. The molecule has 1 fully saturated rings. The van der Waals surface area contributed by atoms with Crippen LogP contribution in [0.1, 0.15) is 36.7 Å². The highest BCUT2D eigenvalue weighted by molar-refractivity contribution is 6.38. The molecule has 0 bridgehead atoms. The van der Waals surface area contributed by atoms with Crippen molar-refractivity contribution in [3.05, 3.63) is 93.8 Å². The van der Waals surface area contributed by atoms with Crippen molar-refractivity contribution in [2.45, 2.75) is 25.8 Å². The van der Waals surface area contributed by atoms with Gasteiger partial charge in [0.15, 0.2) is 0 Å². The fraction of sp³-hybridized carbons (Fsp3) is 0.241. The maximum Gasteiger partial charge on any atom is 0.270 e. The number of aromatic amines is 1. The highest BCUT2D eigenvalue weighted by atomic mass is 16.6. The first kappa shape index (κ1) is 23.9. The van der Waals surface area contributed by atoms with Gasteiger partial charge in [-0.25, -0.2) is 4.98 Å². The Morgan fingerprint density at radius 1 is 1.11 bits per heavy atom. The molecular weight excluding hydrogens is 480 g/mol. The molecule has 192 valence electrons. The first-order valence-corrected chi connectivity index (χ1v) is 12.9. The third-order valence-electron chi connectivity index (χ3n) is 7.39. The van der Waals surface area contributed by atoms with Gasteiger partial charge in [-0.05, 0) is 55.3 Å². The predicted octanol–water partition coefficient (Wildman–Crippen LogP) is 5.28. The summed E-state index contributed by atoms with van der Waals surface area (Å²) in [4.78, 5) is 35.1. The molecule has 6 rings (SSSR count). The molecular formula is C29H28N6O3. The van der Waals surface area contributed by atoms with Crippen molar-refractivity contribution in [3.8, 4) is 0 Å². The molecule has 9 nitrogen and oxygen atoms in total. The van der Waals surface area contributed by atoms with Crippen molar-refractivity contribution in [2.24, 2.45) is 0 Å². The number of carbonyl (C=O) groups is 1. The van der Waals surface area contributed by atoms with Gasteiger partial charge >= 0.3 is 0 Å². The van der Waals surface area contributed by atoms with Crippen molar-refractivity contribution in [1.29, 1.82) is 0 Å². The summed E-state index contributed by atoms with van der Waals surface area (Å²) < 4.78 is 0. The van der Waals surface area contributed by atoms with Gasteiger partial charge < -0.3 is 20.5 Å². The van der Waals surface area contributed by atoms with Crippen molar-refractivity contribution in [3.63, 3.8) is 0 Å². The Morgan fingerprint density at radius 3 is 2.68 bits per heavy atom. The summed E-state index contributed by atoms with van der Waals surface area (Å²) in [7, 11) is 0. The third-order valence-corrected chi connectivity index (χ3v) is 7.39. The number of amides is 1.